The summed E-state index contributed by atoms with van der Waals surface area (Å²) in [6, 6.07) is 0.821. The lowest BCUT2D eigenvalue weighted by molar-refractivity contribution is 0.0591. The lowest BCUT2D eigenvalue weighted by Gasteiger charge is -2.44. The summed E-state index contributed by atoms with van der Waals surface area (Å²) in [7, 11) is 2.03. The van der Waals surface area contributed by atoms with Crippen LogP contribution < -0.4 is 5.32 Å². The summed E-state index contributed by atoms with van der Waals surface area (Å²) in [5.41, 5.74) is 0. The van der Waals surface area contributed by atoms with Gasteiger partial charge in [-0.2, -0.15) is 0 Å². The lowest BCUT2D eigenvalue weighted by atomic mass is 9.83. The van der Waals surface area contributed by atoms with Gasteiger partial charge in [-0.25, -0.2) is 9.78 Å². The number of amides is 2. The van der Waals surface area contributed by atoms with Crippen molar-refractivity contribution in [2.75, 3.05) is 45.8 Å². The van der Waals surface area contributed by atoms with E-state index in [0.717, 1.165) is 45.1 Å². The Hall–Kier alpha value is -1.60. The highest BCUT2D eigenvalue weighted by atomic mass is 16.2. The molecule has 0 bridgehead atoms. The highest BCUT2D eigenvalue weighted by Gasteiger charge is 2.33. The monoisotopic (exact) mass is 374 g/mol. The van der Waals surface area contributed by atoms with Gasteiger partial charge < -0.3 is 19.7 Å². The fourth-order valence-electron chi connectivity index (χ4n) is 5.00. The van der Waals surface area contributed by atoms with Crippen LogP contribution in [0.25, 0.3) is 0 Å². The molecular formula is C20H34N6O. The van der Waals surface area contributed by atoms with Crippen molar-refractivity contribution in [1.82, 2.24) is 29.6 Å². The summed E-state index contributed by atoms with van der Waals surface area (Å²) in [5.74, 6) is 1.72. The van der Waals surface area contributed by atoms with Crippen molar-refractivity contribution in [2.24, 2.45) is 13.0 Å². The second-order valence-electron chi connectivity index (χ2n) is 8.41. The van der Waals surface area contributed by atoms with Crippen LogP contribution >= 0.6 is 0 Å². The molecule has 7 nitrogen and oxygen atoms in total. The van der Waals surface area contributed by atoms with Crippen LogP contribution in [0.4, 0.5) is 4.79 Å². The van der Waals surface area contributed by atoms with E-state index in [4.69, 9.17) is 0 Å². The van der Waals surface area contributed by atoms with Crippen LogP contribution in [0.3, 0.4) is 0 Å². The van der Waals surface area contributed by atoms with Gasteiger partial charge in [0.25, 0.3) is 0 Å². The third kappa shape index (κ3) is 4.46. The Labute approximate surface area is 162 Å². The fourth-order valence-corrected chi connectivity index (χ4v) is 5.00. The number of aryl methyl sites for hydroxylation is 1. The van der Waals surface area contributed by atoms with Gasteiger partial charge in [-0.05, 0) is 44.7 Å². The summed E-state index contributed by atoms with van der Waals surface area (Å²) in [6.07, 6.45) is 10.4. The number of nitrogens with one attached hydrogen (secondary N) is 1. The molecule has 0 radical (unpaired) electrons. The van der Waals surface area contributed by atoms with Crippen LogP contribution in [0.5, 0.6) is 0 Å². The number of hydrogen-bond acceptors (Lipinski definition) is 4. The van der Waals surface area contributed by atoms with Crippen molar-refractivity contribution in [1.29, 1.82) is 0 Å². The van der Waals surface area contributed by atoms with E-state index in [-0.39, 0.29) is 6.03 Å². The topological polar surface area (TPSA) is 56.6 Å². The number of imidazole rings is 1. The highest BCUT2D eigenvalue weighted by Crippen LogP contribution is 2.30. The minimum Gasteiger partial charge on any atom is -0.338 e. The van der Waals surface area contributed by atoms with Crippen molar-refractivity contribution in [2.45, 2.75) is 44.7 Å². The normalized spacial score (nSPS) is 27.4. The number of carbonyl (C=O) groups is 1. The van der Waals surface area contributed by atoms with E-state index >= 15 is 0 Å². The molecule has 3 aliphatic rings. The number of rotatable bonds is 4. The number of urea groups is 1. The molecule has 7 heteroatoms. The molecule has 27 heavy (non-hydrogen) atoms. The van der Waals surface area contributed by atoms with Gasteiger partial charge in [0, 0.05) is 58.2 Å². The number of carbonyl (C=O) groups excluding carboxylic acids is 1. The first kappa shape index (κ1) is 18.7. The Bertz CT molecular complexity index is 622. The second-order valence-corrected chi connectivity index (χ2v) is 8.41. The van der Waals surface area contributed by atoms with Crippen molar-refractivity contribution >= 4 is 6.03 Å². The third-order valence-corrected chi connectivity index (χ3v) is 6.69. The van der Waals surface area contributed by atoms with E-state index in [0.29, 0.717) is 12.0 Å². The summed E-state index contributed by atoms with van der Waals surface area (Å²) in [6.45, 7) is 7.65. The SMILES string of the molecule is Cn1ccnc1CN1CCN(C(=O)NC[C@@H]2CCCN3CCCC[C@H]23)CC1. The summed E-state index contributed by atoms with van der Waals surface area (Å²) in [4.78, 5) is 24.1. The minimum atomic E-state index is 0.125. The van der Waals surface area contributed by atoms with E-state index < -0.39 is 0 Å². The fraction of sp³-hybridized carbons (Fsp3) is 0.800. The van der Waals surface area contributed by atoms with Gasteiger partial charge in [-0.15, -0.1) is 0 Å². The largest absolute Gasteiger partial charge is 0.338 e. The number of nitrogens with zero attached hydrogens (tertiary/aromatic N) is 5. The van der Waals surface area contributed by atoms with Gasteiger partial charge in [0.05, 0.1) is 6.54 Å². The molecule has 3 aliphatic heterocycles. The summed E-state index contributed by atoms with van der Waals surface area (Å²) in [5, 5.41) is 3.25. The first-order valence-electron chi connectivity index (χ1n) is 10.7. The Balaban J connectivity index is 1.21. The Morgan fingerprint density at radius 2 is 1.93 bits per heavy atom. The molecule has 0 aromatic carbocycles. The molecule has 0 saturated carbocycles. The molecular weight excluding hydrogens is 340 g/mol. The van der Waals surface area contributed by atoms with E-state index in [2.05, 4.69) is 24.7 Å². The maximum atomic E-state index is 12.6. The molecule has 150 valence electrons. The Kier molecular flexibility index (Phi) is 5.98. The van der Waals surface area contributed by atoms with E-state index in [1.54, 1.807) is 0 Å². The minimum absolute atomic E-state index is 0.125. The molecule has 0 aliphatic carbocycles. The summed E-state index contributed by atoms with van der Waals surface area (Å²) < 4.78 is 2.07. The standard InChI is InChI=1S/C20H34N6O/c1-23-10-7-21-19(23)16-24-11-13-26(14-12-24)20(27)22-15-17-5-4-9-25-8-3-2-6-18(17)25/h7,10,17-18H,2-6,8-9,11-16H2,1H3,(H,22,27)/t17-,18+/m0/s1. The Morgan fingerprint density at radius 3 is 2.70 bits per heavy atom. The van der Waals surface area contributed by atoms with Gasteiger partial charge in [-0.3, -0.25) is 4.90 Å². The summed E-state index contributed by atoms with van der Waals surface area (Å²) >= 11 is 0. The number of piperazine rings is 1. The number of fused-ring (bicyclic) bond motifs is 1. The average Bonchev–Trinajstić information content (AvgIpc) is 3.11. The Morgan fingerprint density at radius 1 is 1.11 bits per heavy atom. The molecule has 0 spiro atoms. The molecule has 1 aromatic heterocycles. The molecule has 2 atom stereocenters. The quantitative estimate of drug-likeness (QED) is 0.868. The number of piperidine rings is 2. The average molecular weight is 375 g/mol. The predicted molar refractivity (Wildman–Crippen MR) is 105 cm³/mol. The van der Waals surface area contributed by atoms with Crippen LogP contribution in [0.15, 0.2) is 12.4 Å². The second kappa shape index (κ2) is 8.61. The molecule has 1 aromatic rings. The van der Waals surface area contributed by atoms with Crippen LogP contribution in [0.1, 0.15) is 37.9 Å². The molecule has 4 heterocycles. The van der Waals surface area contributed by atoms with Crippen molar-refractivity contribution in [3.8, 4) is 0 Å². The smallest absolute Gasteiger partial charge is 0.317 e. The van der Waals surface area contributed by atoms with E-state index in [9.17, 15) is 4.79 Å². The van der Waals surface area contributed by atoms with Gasteiger partial charge in [0.2, 0.25) is 0 Å². The lowest BCUT2D eigenvalue weighted by Crippen LogP contribution is -2.54. The first-order chi connectivity index (χ1) is 13.2. The van der Waals surface area contributed by atoms with Crippen LogP contribution in [-0.2, 0) is 13.6 Å². The number of hydrogen-bond donors (Lipinski definition) is 1. The molecule has 0 unspecified atom stereocenters. The third-order valence-electron chi connectivity index (χ3n) is 6.69. The molecule has 1 N–H and O–H groups in total. The zero-order chi connectivity index (χ0) is 18.6. The van der Waals surface area contributed by atoms with Gasteiger partial charge in [0.1, 0.15) is 5.82 Å². The predicted octanol–water partition coefficient (Wildman–Crippen LogP) is 1.51. The maximum absolute atomic E-state index is 12.6. The van der Waals surface area contributed by atoms with Gasteiger partial charge in [0.15, 0.2) is 0 Å². The molecule has 4 rings (SSSR count). The van der Waals surface area contributed by atoms with Gasteiger partial charge >= 0.3 is 6.03 Å². The molecule has 3 saturated heterocycles. The number of aromatic nitrogens is 2. The van der Waals surface area contributed by atoms with Crippen molar-refractivity contribution in [3.05, 3.63) is 18.2 Å². The maximum Gasteiger partial charge on any atom is 0.317 e. The van der Waals surface area contributed by atoms with Crippen LogP contribution in [0, 0.1) is 5.92 Å². The molecule has 3 fully saturated rings. The van der Waals surface area contributed by atoms with Gasteiger partial charge in [-0.1, -0.05) is 6.42 Å². The first-order valence-corrected chi connectivity index (χ1v) is 10.7. The van der Waals surface area contributed by atoms with E-state index in [1.165, 1.54) is 45.2 Å². The van der Waals surface area contributed by atoms with Crippen LogP contribution in [-0.4, -0.2) is 82.1 Å². The van der Waals surface area contributed by atoms with Crippen molar-refractivity contribution < 1.29 is 4.79 Å². The zero-order valence-electron chi connectivity index (χ0n) is 16.6. The van der Waals surface area contributed by atoms with Crippen LogP contribution in [0.2, 0.25) is 0 Å². The zero-order valence-corrected chi connectivity index (χ0v) is 16.6. The highest BCUT2D eigenvalue weighted by molar-refractivity contribution is 5.74. The van der Waals surface area contributed by atoms with Crippen molar-refractivity contribution in [3.63, 3.8) is 0 Å². The van der Waals surface area contributed by atoms with E-state index in [1.807, 2.05) is 24.3 Å². The molecule has 2 amide bonds.